The molecule has 20 nitrogen and oxygen atoms in total. The van der Waals surface area contributed by atoms with Crippen LogP contribution in [0, 0.1) is 69.0 Å². The number of carbonyl (C=O) groups is 7. The first-order chi connectivity index (χ1) is 36.3. The van der Waals surface area contributed by atoms with Gasteiger partial charge < -0.3 is 62.7 Å². The number of nitrogens with zero attached hydrogens (tertiary/aromatic N) is 6. The molecule has 0 saturated carbocycles. The van der Waals surface area contributed by atoms with Gasteiger partial charge in [-0.25, -0.2) is 0 Å². The standard InChI is InChI=1S/C55H81N5O13.2CN.Co/c1-16-17-26-56-39(61)29-53(7)33(18-21-40(62)68-10)37-28-38-51(4,5)34(19-22-41(63)69-11)46(58-38)31(2)48-52(6,25-24-43(65)71-13)36(27-44(66)72-14)50(59-48)55(9)54(8,30-45(67)73-15)35(20-23-42(64)70-12)47(60-55)32(3)49(53)57-37;2*1-2;/h28,33-36,50H,16-27,29-30H2,1-15H3,(H2,56,57,58,59,60,61);;;/q;2*-1;+3/p-1/t33-,34-,35-,36+,50?,52-,53+,54+,55+;;;/m1.../s1. The topological polar surface area (TPSA) is 286 Å². The van der Waals surface area contributed by atoms with Crippen LogP contribution in [-0.2, 0) is 78.8 Å². The molecule has 9 atom stereocenters. The molecule has 1 amide bonds. The number of unbranched alkanes of at least 4 members (excludes halogenated alkanes) is 1. The summed E-state index contributed by atoms with van der Waals surface area (Å²) in [5, 5.41) is 21.3. The second-order valence-corrected chi connectivity index (χ2v) is 21.8. The molecule has 430 valence electrons. The number of hydrogen-bond acceptors (Lipinski definition) is 18. The zero-order chi connectivity index (χ0) is 58.4. The first-order valence-electron chi connectivity index (χ1n) is 26.1. The van der Waals surface area contributed by atoms with Gasteiger partial charge in [0.05, 0.1) is 60.3 Å². The Morgan fingerprint density at radius 3 is 1.65 bits per heavy atom. The first-order valence-corrected chi connectivity index (χ1v) is 26.1. The van der Waals surface area contributed by atoms with Crippen molar-refractivity contribution in [1.29, 1.82) is 10.5 Å². The number of carbonyl (C=O) groups excluding carboxylic acids is 7. The van der Waals surface area contributed by atoms with Crippen LogP contribution in [0.4, 0.5) is 0 Å². The Hall–Kier alpha value is -6.19. The Morgan fingerprint density at radius 2 is 1.14 bits per heavy atom. The summed E-state index contributed by atoms with van der Waals surface area (Å²) in [6, 6.07) is -0.889. The third-order valence-corrected chi connectivity index (χ3v) is 17.4. The molecule has 1 N–H and O–H groups in total. The molecule has 0 aliphatic carbocycles. The van der Waals surface area contributed by atoms with E-state index >= 15 is 0 Å². The Bertz CT molecular complexity index is 2500. The predicted molar refractivity (Wildman–Crippen MR) is 284 cm³/mol. The summed E-state index contributed by atoms with van der Waals surface area (Å²) >= 11 is 0. The van der Waals surface area contributed by atoms with Crippen molar-refractivity contribution in [3.05, 3.63) is 52.8 Å². The van der Waals surface area contributed by atoms with E-state index in [-0.39, 0.29) is 86.9 Å². The van der Waals surface area contributed by atoms with Gasteiger partial charge in [0.25, 0.3) is 0 Å². The molecule has 0 aromatic carbocycles. The van der Waals surface area contributed by atoms with Crippen molar-refractivity contribution < 1.29 is 78.8 Å². The number of esters is 6. The number of aliphatic imine (C=N–C) groups is 3. The summed E-state index contributed by atoms with van der Waals surface area (Å²) in [5.74, 6) is -5.38. The van der Waals surface area contributed by atoms with Gasteiger partial charge >= 0.3 is 52.6 Å². The number of methoxy groups -OCH3 is 6. The smallest absolute Gasteiger partial charge is 0.682 e. The van der Waals surface area contributed by atoms with Crippen LogP contribution in [-0.4, -0.2) is 120 Å². The molecular formula is C57H80CoN7O13. The van der Waals surface area contributed by atoms with Gasteiger partial charge in [-0.1, -0.05) is 54.0 Å². The van der Waals surface area contributed by atoms with Crippen molar-refractivity contribution in [2.75, 3.05) is 49.2 Å². The third-order valence-electron chi connectivity index (χ3n) is 17.4. The van der Waals surface area contributed by atoms with E-state index in [1.807, 2.05) is 54.5 Å². The Labute approximate surface area is 471 Å². The number of allylic oxidation sites excluding steroid dienone is 6. The van der Waals surface area contributed by atoms with Gasteiger partial charge in [-0.15, -0.1) is 0 Å². The van der Waals surface area contributed by atoms with Gasteiger partial charge in [0, 0.05) is 102 Å². The summed E-state index contributed by atoms with van der Waals surface area (Å²) < 4.78 is 31.6. The van der Waals surface area contributed by atoms with Gasteiger partial charge in [-0.3, -0.25) is 48.5 Å². The van der Waals surface area contributed by atoms with Crippen LogP contribution in [0.3, 0.4) is 0 Å². The van der Waals surface area contributed by atoms with Crippen LogP contribution in [0.1, 0.15) is 146 Å². The number of hydrogen-bond donors (Lipinski definition) is 1. The minimum absolute atomic E-state index is 0. The molecule has 8 bridgehead atoms. The number of rotatable bonds is 21. The van der Waals surface area contributed by atoms with Crippen LogP contribution in [0.15, 0.2) is 49.3 Å². The summed E-state index contributed by atoms with van der Waals surface area (Å²) in [6.45, 7) is 27.8. The molecule has 5 rings (SSSR count). The molecule has 1 unspecified atom stereocenters. The monoisotopic (exact) mass is 1130 g/mol. The third kappa shape index (κ3) is 13.6. The van der Waals surface area contributed by atoms with E-state index in [9.17, 15) is 33.6 Å². The molecule has 0 radical (unpaired) electrons. The van der Waals surface area contributed by atoms with E-state index in [0.29, 0.717) is 58.3 Å². The van der Waals surface area contributed by atoms with Crippen LogP contribution in [0.25, 0.3) is 5.32 Å². The van der Waals surface area contributed by atoms with Crippen molar-refractivity contribution >= 4 is 58.9 Å². The Kier molecular flexibility index (Phi) is 24.9. The fraction of sp³-hybridized carbons (Fsp3) is 0.684. The maximum atomic E-state index is 14.3. The fourth-order valence-electron chi connectivity index (χ4n) is 12.7. The molecule has 0 aromatic heterocycles. The number of fused-ring (bicyclic) bond motifs is 6. The molecule has 1 fully saturated rings. The van der Waals surface area contributed by atoms with Gasteiger partial charge in [0.15, 0.2) is 0 Å². The van der Waals surface area contributed by atoms with E-state index < -0.39 is 92.7 Å². The maximum Gasteiger partial charge on any atom is 3.00 e. The normalized spacial score (nSPS) is 30.5. The molecule has 0 aromatic rings. The van der Waals surface area contributed by atoms with Crippen molar-refractivity contribution in [3.8, 4) is 0 Å². The Balaban J connectivity index is 0.00000406. The largest absolute Gasteiger partial charge is 3.00 e. The van der Waals surface area contributed by atoms with Crippen LogP contribution < -0.4 is 5.32 Å². The van der Waals surface area contributed by atoms with Crippen LogP contribution in [0.5, 0.6) is 0 Å². The second-order valence-electron chi connectivity index (χ2n) is 21.8. The van der Waals surface area contributed by atoms with Gasteiger partial charge in [0.1, 0.15) is 0 Å². The molecular weight excluding hydrogens is 1050 g/mol. The van der Waals surface area contributed by atoms with Crippen LogP contribution in [0.2, 0.25) is 0 Å². The number of nitrogens with one attached hydrogen (secondary N) is 1. The van der Waals surface area contributed by atoms with E-state index in [1.54, 1.807) is 0 Å². The Morgan fingerprint density at radius 1 is 0.641 bits per heavy atom. The van der Waals surface area contributed by atoms with Crippen molar-refractivity contribution in [2.45, 2.75) is 157 Å². The fourth-order valence-corrected chi connectivity index (χ4v) is 12.7. The summed E-state index contributed by atoms with van der Waals surface area (Å²) in [4.78, 5) is 112. The minimum Gasteiger partial charge on any atom is -0.682 e. The number of amides is 1. The quantitative estimate of drug-likeness (QED) is 0.0490. The van der Waals surface area contributed by atoms with Crippen molar-refractivity contribution in [2.24, 2.45) is 60.3 Å². The molecule has 0 spiro atoms. The summed E-state index contributed by atoms with van der Waals surface area (Å²) in [6.07, 6.45) is 4.16. The zero-order valence-electron chi connectivity index (χ0n) is 48.2. The summed E-state index contributed by atoms with van der Waals surface area (Å²) in [5.41, 5.74) is -0.679. The molecule has 5 aliphatic heterocycles. The minimum atomic E-state index is -1.37. The van der Waals surface area contributed by atoms with Crippen molar-refractivity contribution in [3.63, 3.8) is 0 Å². The van der Waals surface area contributed by atoms with E-state index in [4.69, 9.17) is 72.4 Å². The summed E-state index contributed by atoms with van der Waals surface area (Å²) in [7, 11) is 7.94. The molecule has 21 heteroatoms. The van der Waals surface area contributed by atoms with E-state index in [2.05, 4.69) is 19.2 Å². The van der Waals surface area contributed by atoms with Gasteiger partial charge in [-0.2, -0.15) is 5.70 Å². The SMILES string of the molecule is CCCCNC(=O)C[C@]1(C)/C2=C(\C)C3=N[C@@](C)(C4[N-]/C(=C(/C)C5=N/C(=C\C(=N2)[C@H]1CCC(=O)OC)C(C)(C)[C@@H]5CCC(=O)OC)[C@](C)(CCC(=O)OC)[C@H]4CC(=O)OC)[C@@](C)(CC(=O)OC)[C@@H]3CCC(=O)OC.[C-]#N.[C-]#N.[Co+3]. The van der Waals surface area contributed by atoms with E-state index in [1.165, 1.54) is 42.7 Å². The van der Waals surface area contributed by atoms with Gasteiger partial charge in [0.2, 0.25) is 5.91 Å². The van der Waals surface area contributed by atoms with Gasteiger partial charge in [-0.05, 0) is 81.4 Å². The van der Waals surface area contributed by atoms with Crippen LogP contribution >= 0.6 is 0 Å². The maximum absolute atomic E-state index is 14.3. The average Bonchev–Trinajstić information content (AvgIpc) is 4.05. The zero-order valence-corrected chi connectivity index (χ0v) is 49.2. The second kappa shape index (κ2) is 28.6. The predicted octanol–water partition coefficient (Wildman–Crippen LogP) is 8.26. The molecule has 78 heavy (non-hydrogen) atoms. The molecule has 1 saturated heterocycles. The molecule has 5 heterocycles. The molecule has 5 aliphatic rings. The van der Waals surface area contributed by atoms with Crippen molar-refractivity contribution in [1.82, 2.24) is 5.32 Å². The van der Waals surface area contributed by atoms with E-state index in [0.717, 1.165) is 12.8 Å². The average molecular weight is 1130 g/mol. The first kappa shape index (κ1) is 67.9. The number of ether oxygens (including phenoxy) is 6.